The number of nitrogens with zero attached hydrogens (tertiary/aromatic N) is 4. The van der Waals surface area contributed by atoms with Crippen LogP contribution in [0.5, 0.6) is 11.6 Å². The van der Waals surface area contributed by atoms with Crippen molar-refractivity contribution in [1.29, 1.82) is 5.26 Å². The van der Waals surface area contributed by atoms with Crippen molar-refractivity contribution in [3.8, 4) is 29.0 Å². The highest BCUT2D eigenvalue weighted by Crippen LogP contribution is 2.32. The molecule has 1 aliphatic heterocycles. The molecule has 0 atom stereocenters. The topological polar surface area (TPSA) is 61.6 Å². The van der Waals surface area contributed by atoms with Gasteiger partial charge in [-0.2, -0.15) is 5.26 Å². The number of aromatic nitrogens is 1. The number of hydrogen-bond donors (Lipinski definition) is 0. The van der Waals surface area contributed by atoms with Crippen LogP contribution >= 0.6 is 0 Å². The molecular formula is C24H24N4O2. The van der Waals surface area contributed by atoms with Crippen LogP contribution in [-0.2, 0) is 0 Å². The molecule has 30 heavy (non-hydrogen) atoms. The van der Waals surface area contributed by atoms with Gasteiger partial charge in [0.05, 0.1) is 37.2 Å². The molecule has 0 unspecified atom stereocenters. The van der Waals surface area contributed by atoms with Gasteiger partial charge in [-0.1, -0.05) is 12.1 Å². The monoisotopic (exact) mass is 400 g/mol. The number of rotatable bonds is 5. The van der Waals surface area contributed by atoms with Crippen molar-refractivity contribution in [1.82, 2.24) is 4.98 Å². The van der Waals surface area contributed by atoms with Gasteiger partial charge in [0, 0.05) is 43.5 Å². The maximum atomic E-state index is 9.08. The van der Waals surface area contributed by atoms with Crippen LogP contribution in [0.2, 0.25) is 0 Å². The van der Waals surface area contributed by atoms with E-state index in [0.717, 1.165) is 48.9 Å². The summed E-state index contributed by atoms with van der Waals surface area (Å²) < 4.78 is 10.6. The van der Waals surface area contributed by atoms with Crippen molar-refractivity contribution < 1.29 is 9.47 Å². The van der Waals surface area contributed by atoms with Gasteiger partial charge in [-0.3, -0.25) is 0 Å². The third-order valence-corrected chi connectivity index (χ3v) is 5.40. The molecule has 2 aromatic carbocycles. The molecule has 0 spiro atoms. The maximum Gasteiger partial charge on any atom is 0.213 e. The molecule has 3 aromatic rings. The first-order valence-electron chi connectivity index (χ1n) is 9.91. The van der Waals surface area contributed by atoms with E-state index in [1.165, 1.54) is 5.69 Å². The Kier molecular flexibility index (Phi) is 5.71. The van der Waals surface area contributed by atoms with Crippen molar-refractivity contribution in [3.63, 3.8) is 0 Å². The zero-order valence-corrected chi connectivity index (χ0v) is 17.2. The number of benzene rings is 2. The van der Waals surface area contributed by atoms with Crippen LogP contribution in [0.1, 0.15) is 5.56 Å². The van der Waals surface area contributed by atoms with Crippen LogP contribution in [0, 0.1) is 11.3 Å². The molecule has 0 bridgehead atoms. The van der Waals surface area contributed by atoms with Crippen LogP contribution in [0.4, 0.5) is 11.4 Å². The van der Waals surface area contributed by atoms with Crippen molar-refractivity contribution >= 4 is 11.4 Å². The van der Waals surface area contributed by atoms with Crippen LogP contribution < -0.4 is 19.3 Å². The molecule has 4 rings (SSSR count). The van der Waals surface area contributed by atoms with Crippen molar-refractivity contribution in [2.24, 2.45) is 0 Å². The minimum Gasteiger partial charge on any atom is -0.497 e. The first-order chi connectivity index (χ1) is 14.7. The lowest BCUT2D eigenvalue weighted by atomic mass is 10.1. The van der Waals surface area contributed by atoms with Crippen molar-refractivity contribution in [3.05, 3.63) is 66.2 Å². The van der Waals surface area contributed by atoms with Crippen molar-refractivity contribution in [2.45, 2.75) is 0 Å². The number of piperazine rings is 1. The first kappa shape index (κ1) is 19.6. The summed E-state index contributed by atoms with van der Waals surface area (Å²) in [6.07, 6.45) is 0. The summed E-state index contributed by atoms with van der Waals surface area (Å²) in [6, 6.07) is 21.9. The van der Waals surface area contributed by atoms with E-state index in [4.69, 9.17) is 19.7 Å². The highest BCUT2D eigenvalue weighted by atomic mass is 16.5. The molecule has 6 nitrogen and oxygen atoms in total. The van der Waals surface area contributed by atoms with Gasteiger partial charge in [-0.05, 0) is 42.5 Å². The van der Waals surface area contributed by atoms with Crippen LogP contribution in [0.3, 0.4) is 0 Å². The first-order valence-corrected chi connectivity index (χ1v) is 9.91. The van der Waals surface area contributed by atoms with E-state index < -0.39 is 0 Å². The van der Waals surface area contributed by atoms with Gasteiger partial charge in [0.2, 0.25) is 5.88 Å². The normalized spacial score (nSPS) is 13.6. The summed E-state index contributed by atoms with van der Waals surface area (Å²) in [5.41, 5.74) is 4.76. The Balaban J connectivity index is 1.56. The third-order valence-electron chi connectivity index (χ3n) is 5.40. The van der Waals surface area contributed by atoms with Gasteiger partial charge in [0.1, 0.15) is 5.75 Å². The van der Waals surface area contributed by atoms with E-state index in [9.17, 15) is 0 Å². The Hall–Kier alpha value is -3.72. The molecule has 1 saturated heterocycles. The van der Waals surface area contributed by atoms with E-state index in [0.29, 0.717) is 11.4 Å². The summed E-state index contributed by atoms with van der Waals surface area (Å²) in [5.74, 6) is 1.45. The zero-order chi connectivity index (χ0) is 20.9. The molecule has 2 heterocycles. The number of hydrogen-bond acceptors (Lipinski definition) is 6. The zero-order valence-electron chi connectivity index (χ0n) is 17.2. The molecule has 1 aromatic heterocycles. The molecule has 6 heteroatoms. The highest BCUT2D eigenvalue weighted by molar-refractivity contribution is 5.76. The average Bonchev–Trinajstić information content (AvgIpc) is 2.84. The summed E-state index contributed by atoms with van der Waals surface area (Å²) in [5, 5.41) is 9.08. The minimum absolute atomic E-state index is 0.579. The Morgan fingerprint density at radius 1 is 0.800 bits per heavy atom. The summed E-state index contributed by atoms with van der Waals surface area (Å²) in [4.78, 5) is 9.46. The molecular weight excluding hydrogens is 376 g/mol. The molecule has 152 valence electrons. The number of methoxy groups -OCH3 is 2. The van der Waals surface area contributed by atoms with Crippen LogP contribution in [0.25, 0.3) is 11.3 Å². The van der Waals surface area contributed by atoms with E-state index >= 15 is 0 Å². The fraction of sp³-hybridized carbons (Fsp3) is 0.250. The smallest absolute Gasteiger partial charge is 0.213 e. The lowest BCUT2D eigenvalue weighted by molar-refractivity contribution is 0.398. The Bertz CT molecular complexity index is 1030. The van der Waals surface area contributed by atoms with Gasteiger partial charge in [-0.15, -0.1) is 0 Å². The predicted octanol–water partition coefficient (Wildman–Crippen LogP) is 3.96. The highest BCUT2D eigenvalue weighted by Gasteiger charge is 2.21. The van der Waals surface area contributed by atoms with Gasteiger partial charge in [0.25, 0.3) is 0 Å². The molecule has 1 aliphatic rings. The van der Waals surface area contributed by atoms with E-state index in [2.05, 4.69) is 34.1 Å². The molecule has 0 amide bonds. The average molecular weight is 400 g/mol. The van der Waals surface area contributed by atoms with E-state index in [-0.39, 0.29) is 0 Å². The Morgan fingerprint density at radius 3 is 2.07 bits per heavy atom. The number of nitriles is 1. The lowest BCUT2D eigenvalue weighted by Gasteiger charge is -2.38. The second kappa shape index (κ2) is 8.75. The molecule has 0 saturated carbocycles. The fourth-order valence-corrected chi connectivity index (χ4v) is 3.72. The van der Waals surface area contributed by atoms with Gasteiger partial charge in [-0.25, -0.2) is 4.98 Å². The van der Waals surface area contributed by atoms with Crippen LogP contribution in [0.15, 0.2) is 60.7 Å². The standard InChI is InChI=1S/C24H24N4O2/c1-29-21-9-7-20(8-10-21)27-13-15-28(16-14-27)22-11-12-23(30-2)26-24(22)19-5-3-18(17-25)4-6-19/h3-12H,13-16H2,1-2H3. The molecule has 1 fully saturated rings. The van der Waals surface area contributed by atoms with Gasteiger partial charge >= 0.3 is 0 Å². The quantitative estimate of drug-likeness (QED) is 0.646. The minimum atomic E-state index is 0.579. The molecule has 0 N–H and O–H groups in total. The number of anilines is 2. The van der Waals surface area contributed by atoms with E-state index in [1.54, 1.807) is 14.2 Å². The summed E-state index contributed by atoms with van der Waals surface area (Å²) in [6.45, 7) is 3.63. The predicted molar refractivity (Wildman–Crippen MR) is 118 cm³/mol. The Morgan fingerprint density at radius 2 is 1.47 bits per heavy atom. The summed E-state index contributed by atoms with van der Waals surface area (Å²) >= 11 is 0. The van der Waals surface area contributed by atoms with Crippen LogP contribution in [-0.4, -0.2) is 45.4 Å². The number of pyridine rings is 1. The third kappa shape index (κ3) is 4.01. The largest absolute Gasteiger partial charge is 0.497 e. The second-order valence-corrected chi connectivity index (χ2v) is 7.08. The molecule has 0 aliphatic carbocycles. The lowest BCUT2D eigenvalue weighted by Crippen LogP contribution is -2.46. The molecule has 0 radical (unpaired) electrons. The van der Waals surface area contributed by atoms with E-state index in [1.807, 2.05) is 42.5 Å². The Labute approximate surface area is 176 Å². The number of ether oxygens (including phenoxy) is 2. The second-order valence-electron chi connectivity index (χ2n) is 7.08. The van der Waals surface area contributed by atoms with Crippen molar-refractivity contribution in [2.75, 3.05) is 50.2 Å². The van der Waals surface area contributed by atoms with Gasteiger partial charge < -0.3 is 19.3 Å². The fourth-order valence-electron chi connectivity index (χ4n) is 3.72. The summed E-state index contributed by atoms with van der Waals surface area (Å²) in [7, 11) is 3.31. The maximum absolute atomic E-state index is 9.08. The SMILES string of the molecule is COc1ccc(N2CCN(c3ccc(OC)nc3-c3ccc(C#N)cc3)CC2)cc1. The van der Waals surface area contributed by atoms with Gasteiger partial charge in [0.15, 0.2) is 0 Å².